The van der Waals surface area contributed by atoms with Crippen molar-refractivity contribution in [3.63, 3.8) is 0 Å². The van der Waals surface area contributed by atoms with E-state index < -0.39 is 5.60 Å². The standard InChI is InChI=1S/C15H22N2O3/c1-14(2,3)20-12(18)9-17-8-6-7-11(17)13-16-15(4,5)10-19-13/h6-8H,9-10H2,1-5H3. The smallest absolute Gasteiger partial charge is 0.326 e. The van der Waals surface area contributed by atoms with Gasteiger partial charge in [-0.2, -0.15) is 0 Å². The Labute approximate surface area is 119 Å². The minimum absolute atomic E-state index is 0.155. The first-order chi connectivity index (χ1) is 9.16. The Bertz CT molecular complexity index is 536. The highest BCUT2D eigenvalue weighted by molar-refractivity contribution is 5.94. The van der Waals surface area contributed by atoms with Gasteiger partial charge in [0.2, 0.25) is 5.90 Å². The molecule has 0 aliphatic carbocycles. The Kier molecular flexibility index (Phi) is 3.63. The van der Waals surface area contributed by atoms with E-state index in [9.17, 15) is 4.79 Å². The maximum absolute atomic E-state index is 11.9. The lowest BCUT2D eigenvalue weighted by Gasteiger charge is -2.20. The molecule has 0 N–H and O–H groups in total. The summed E-state index contributed by atoms with van der Waals surface area (Å²) in [5, 5.41) is 0. The first kappa shape index (κ1) is 14.6. The fourth-order valence-electron chi connectivity index (χ4n) is 1.97. The van der Waals surface area contributed by atoms with Crippen LogP contribution in [0.3, 0.4) is 0 Å². The number of hydrogen-bond donors (Lipinski definition) is 0. The monoisotopic (exact) mass is 278 g/mol. The van der Waals surface area contributed by atoms with Gasteiger partial charge in [-0.15, -0.1) is 0 Å². The fourth-order valence-corrected chi connectivity index (χ4v) is 1.97. The third-order valence-corrected chi connectivity index (χ3v) is 2.73. The summed E-state index contributed by atoms with van der Waals surface area (Å²) in [5.41, 5.74) is 0.117. The molecular formula is C15H22N2O3. The quantitative estimate of drug-likeness (QED) is 0.798. The van der Waals surface area contributed by atoms with E-state index in [4.69, 9.17) is 9.47 Å². The first-order valence-electron chi connectivity index (χ1n) is 6.76. The van der Waals surface area contributed by atoms with Crippen molar-refractivity contribution in [2.75, 3.05) is 6.61 Å². The molecule has 20 heavy (non-hydrogen) atoms. The number of aliphatic imine (C=N–C) groups is 1. The van der Waals surface area contributed by atoms with E-state index in [0.717, 1.165) is 5.69 Å². The van der Waals surface area contributed by atoms with Crippen LogP contribution in [0.2, 0.25) is 0 Å². The summed E-state index contributed by atoms with van der Waals surface area (Å²) in [7, 11) is 0. The van der Waals surface area contributed by atoms with Gasteiger partial charge in [0.05, 0.1) is 5.54 Å². The zero-order valence-corrected chi connectivity index (χ0v) is 12.8. The summed E-state index contributed by atoms with van der Waals surface area (Å²) in [6.07, 6.45) is 1.83. The molecule has 0 spiro atoms. The molecule has 0 saturated carbocycles. The molecule has 0 radical (unpaired) electrons. The lowest BCUT2D eigenvalue weighted by molar-refractivity contribution is -0.155. The second kappa shape index (κ2) is 4.96. The van der Waals surface area contributed by atoms with Crippen molar-refractivity contribution in [3.05, 3.63) is 24.0 Å². The molecule has 0 amide bonds. The van der Waals surface area contributed by atoms with Gasteiger partial charge < -0.3 is 14.0 Å². The Morgan fingerprint density at radius 2 is 2.20 bits per heavy atom. The van der Waals surface area contributed by atoms with Gasteiger partial charge >= 0.3 is 5.97 Å². The van der Waals surface area contributed by atoms with Crippen LogP contribution in [-0.4, -0.2) is 34.2 Å². The van der Waals surface area contributed by atoms with Crippen LogP contribution in [0.4, 0.5) is 0 Å². The topological polar surface area (TPSA) is 52.8 Å². The van der Waals surface area contributed by atoms with Crippen LogP contribution in [-0.2, 0) is 20.8 Å². The van der Waals surface area contributed by atoms with Gasteiger partial charge in [0.15, 0.2) is 0 Å². The molecule has 2 heterocycles. The number of hydrogen-bond acceptors (Lipinski definition) is 4. The molecule has 0 aromatic carbocycles. The Morgan fingerprint density at radius 1 is 1.50 bits per heavy atom. The number of carbonyl (C=O) groups excluding carboxylic acids is 1. The molecule has 1 aromatic rings. The van der Waals surface area contributed by atoms with Crippen LogP contribution in [0.25, 0.3) is 0 Å². The van der Waals surface area contributed by atoms with Crippen LogP contribution < -0.4 is 0 Å². The SMILES string of the molecule is CC1(C)COC(c2cccn2CC(=O)OC(C)(C)C)=N1. The molecule has 2 rings (SSSR count). The van der Waals surface area contributed by atoms with Crippen molar-refractivity contribution in [2.45, 2.75) is 52.3 Å². The van der Waals surface area contributed by atoms with Gasteiger partial charge in [0.25, 0.3) is 0 Å². The Hall–Kier alpha value is -1.78. The average Bonchev–Trinajstić information content (AvgIpc) is 2.81. The van der Waals surface area contributed by atoms with Crippen LogP contribution in [0, 0.1) is 0 Å². The highest BCUT2D eigenvalue weighted by Crippen LogP contribution is 2.21. The van der Waals surface area contributed by atoms with Gasteiger partial charge in [0.1, 0.15) is 24.4 Å². The van der Waals surface area contributed by atoms with E-state index in [1.165, 1.54) is 0 Å². The summed E-state index contributed by atoms with van der Waals surface area (Å²) in [6, 6.07) is 3.77. The average molecular weight is 278 g/mol. The second-order valence-corrected chi connectivity index (χ2v) is 6.63. The van der Waals surface area contributed by atoms with Gasteiger partial charge in [-0.1, -0.05) is 0 Å². The number of nitrogens with zero attached hydrogens (tertiary/aromatic N) is 2. The van der Waals surface area contributed by atoms with Crippen LogP contribution in [0.1, 0.15) is 40.3 Å². The predicted molar refractivity (Wildman–Crippen MR) is 76.8 cm³/mol. The highest BCUT2D eigenvalue weighted by atomic mass is 16.6. The zero-order valence-electron chi connectivity index (χ0n) is 12.8. The Balaban J connectivity index is 2.12. The minimum Gasteiger partial charge on any atom is -0.474 e. The summed E-state index contributed by atoms with van der Waals surface area (Å²) < 4.78 is 12.7. The van der Waals surface area contributed by atoms with Crippen molar-refractivity contribution in [1.29, 1.82) is 0 Å². The van der Waals surface area contributed by atoms with Crippen LogP contribution >= 0.6 is 0 Å². The third kappa shape index (κ3) is 3.62. The zero-order chi connectivity index (χ0) is 15.0. The lowest BCUT2D eigenvalue weighted by Crippen LogP contribution is -2.27. The van der Waals surface area contributed by atoms with Crippen molar-refractivity contribution >= 4 is 11.9 Å². The second-order valence-electron chi connectivity index (χ2n) is 6.63. The number of esters is 1. The van der Waals surface area contributed by atoms with Gasteiger partial charge in [-0.25, -0.2) is 4.99 Å². The molecule has 110 valence electrons. The van der Waals surface area contributed by atoms with Crippen LogP contribution in [0.5, 0.6) is 0 Å². The van der Waals surface area contributed by atoms with E-state index in [1.807, 2.05) is 52.9 Å². The fraction of sp³-hybridized carbons (Fsp3) is 0.600. The molecule has 0 bridgehead atoms. The lowest BCUT2D eigenvalue weighted by atomic mass is 10.1. The van der Waals surface area contributed by atoms with E-state index in [0.29, 0.717) is 12.5 Å². The van der Waals surface area contributed by atoms with Crippen molar-refractivity contribution < 1.29 is 14.3 Å². The summed E-state index contributed by atoms with van der Waals surface area (Å²) in [6.45, 7) is 10.3. The summed E-state index contributed by atoms with van der Waals surface area (Å²) in [4.78, 5) is 16.4. The molecule has 0 atom stereocenters. The van der Waals surface area contributed by atoms with Gasteiger partial charge in [-0.05, 0) is 46.8 Å². The molecule has 1 aromatic heterocycles. The van der Waals surface area contributed by atoms with E-state index in [-0.39, 0.29) is 18.1 Å². The number of ether oxygens (including phenoxy) is 2. The van der Waals surface area contributed by atoms with E-state index in [2.05, 4.69) is 4.99 Å². The maximum atomic E-state index is 11.9. The Morgan fingerprint density at radius 3 is 2.75 bits per heavy atom. The molecule has 5 heteroatoms. The van der Waals surface area contributed by atoms with E-state index >= 15 is 0 Å². The minimum atomic E-state index is -0.478. The molecular weight excluding hydrogens is 256 g/mol. The summed E-state index contributed by atoms with van der Waals surface area (Å²) in [5.74, 6) is 0.316. The van der Waals surface area contributed by atoms with Crippen molar-refractivity contribution in [2.24, 2.45) is 4.99 Å². The van der Waals surface area contributed by atoms with Crippen molar-refractivity contribution in [3.8, 4) is 0 Å². The molecule has 0 fully saturated rings. The molecule has 1 aliphatic heterocycles. The first-order valence-corrected chi connectivity index (χ1v) is 6.76. The normalized spacial score (nSPS) is 17.6. The molecule has 5 nitrogen and oxygen atoms in total. The molecule has 0 saturated heterocycles. The predicted octanol–water partition coefficient (Wildman–Crippen LogP) is 2.39. The van der Waals surface area contributed by atoms with Gasteiger partial charge in [0, 0.05) is 6.20 Å². The number of rotatable bonds is 3. The van der Waals surface area contributed by atoms with Crippen LogP contribution in [0.15, 0.2) is 23.3 Å². The van der Waals surface area contributed by atoms with E-state index in [1.54, 1.807) is 4.57 Å². The number of aromatic nitrogens is 1. The number of carbonyl (C=O) groups is 1. The maximum Gasteiger partial charge on any atom is 0.326 e. The van der Waals surface area contributed by atoms with Gasteiger partial charge in [-0.3, -0.25) is 4.79 Å². The summed E-state index contributed by atoms with van der Waals surface area (Å²) >= 11 is 0. The molecule has 0 unspecified atom stereocenters. The highest BCUT2D eigenvalue weighted by Gasteiger charge is 2.28. The van der Waals surface area contributed by atoms with Crippen molar-refractivity contribution in [1.82, 2.24) is 4.57 Å². The third-order valence-electron chi connectivity index (χ3n) is 2.73. The largest absolute Gasteiger partial charge is 0.474 e. The molecule has 1 aliphatic rings.